The fraction of sp³-hybridized carbons (Fsp3) is 0.529. The van der Waals surface area contributed by atoms with Crippen molar-refractivity contribution in [2.75, 3.05) is 46.5 Å². The summed E-state index contributed by atoms with van der Waals surface area (Å²) in [6, 6.07) is 0. The van der Waals surface area contributed by atoms with Crippen LogP contribution in [-0.4, -0.2) is 56.3 Å². The average Bonchev–Trinajstić information content (AvgIpc) is 2.62. The highest BCUT2D eigenvalue weighted by Crippen LogP contribution is 2.48. The van der Waals surface area contributed by atoms with Gasteiger partial charge in [0.25, 0.3) is 0 Å². The van der Waals surface area contributed by atoms with E-state index in [-0.39, 0.29) is 6.16 Å². The summed E-state index contributed by atoms with van der Waals surface area (Å²) in [5.41, 5.74) is 0. The number of rotatable bonds is 10. The zero-order valence-electron chi connectivity index (χ0n) is 18.8. The molecule has 2 N–H and O–H groups in total. The third kappa shape index (κ3) is 35.1. The van der Waals surface area contributed by atoms with Gasteiger partial charge in [-0.05, 0) is 25.5 Å². The summed E-state index contributed by atoms with van der Waals surface area (Å²) in [5.74, 6) is 3.60. The Hall–Kier alpha value is -0.320. The van der Waals surface area contributed by atoms with Crippen molar-refractivity contribution >= 4 is 29.7 Å². The van der Waals surface area contributed by atoms with Crippen molar-refractivity contribution in [3.63, 3.8) is 0 Å². The van der Waals surface area contributed by atoms with E-state index in [0.29, 0.717) is 13.2 Å². The van der Waals surface area contributed by atoms with E-state index in [4.69, 9.17) is 18.8 Å². The lowest BCUT2D eigenvalue weighted by atomic mass is 10.8. The molecule has 0 radical (unpaired) electrons. The summed E-state index contributed by atoms with van der Waals surface area (Å²) in [5, 5.41) is 0. The second-order valence-corrected chi connectivity index (χ2v) is 14.7. The van der Waals surface area contributed by atoms with Crippen molar-refractivity contribution in [3.05, 3.63) is 49.8 Å². The minimum absolute atomic E-state index is 0.215. The third-order valence-electron chi connectivity index (χ3n) is 2.34. The molecule has 30 heavy (non-hydrogen) atoms. The second kappa shape index (κ2) is 19.4. The molecule has 0 aromatic heterocycles. The molecule has 0 heterocycles. The maximum absolute atomic E-state index is 11.2. The fourth-order valence-electron chi connectivity index (χ4n) is 0.817. The highest BCUT2D eigenvalue weighted by molar-refractivity contribution is 7.61. The molecule has 3 unspecified atom stereocenters. The van der Waals surface area contributed by atoms with E-state index in [1.807, 2.05) is 0 Å². The monoisotopic (exact) mass is 510 g/mol. The first kappa shape index (κ1) is 37.0. The van der Waals surface area contributed by atoms with Crippen LogP contribution in [0.15, 0.2) is 49.8 Å². The van der Waals surface area contributed by atoms with Crippen LogP contribution >= 0.6 is 29.7 Å². The van der Waals surface area contributed by atoms with Gasteiger partial charge in [-0.1, -0.05) is 25.8 Å². The number of hydrogen-bond donors (Lipinski definition) is 2. The van der Waals surface area contributed by atoms with Gasteiger partial charge in [0, 0.05) is 39.1 Å². The van der Waals surface area contributed by atoms with Crippen LogP contribution in [0.5, 0.6) is 0 Å². The Labute approximate surface area is 181 Å². The zero-order valence-corrected chi connectivity index (χ0v) is 22.4. The van der Waals surface area contributed by atoms with Crippen molar-refractivity contribution in [3.8, 4) is 0 Å². The Morgan fingerprint density at radius 2 is 1.17 bits per heavy atom. The third-order valence-corrected chi connectivity index (χ3v) is 7.03. The molecular weight excluding hydrogens is 472 g/mol. The van der Waals surface area contributed by atoms with Crippen LogP contribution in [0.1, 0.15) is 13.8 Å². The van der Waals surface area contributed by atoms with Crippen LogP contribution in [0.25, 0.3) is 0 Å². The lowest BCUT2D eigenvalue weighted by Gasteiger charge is -2.11. The molecule has 180 valence electrons. The van der Waals surface area contributed by atoms with Gasteiger partial charge in [-0.25, -0.2) is 0 Å². The maximum Gasteiger partial charge on any atom is 0.353 e. The second-order valence-electron chi connectivity index (χ2n) is 5.48. The first-order chi connectivity index (χ1) is 13.4. The molecule has 0 saturated heterocycles. The molecule has 0 rings (SSSR count). The summed E-state index contributed by atoms with van der Waals surface area (Å²) >= 11 is 0. The standard InChI is InChI=1S/C6H13O3P.2C4H9O2P.C3H7O2P/c1-4-8-10(7,6-3)9-5-2;1-4-7(3,5)6-2;1-3-4-7(2,5)6;1-3-6(2,4)5/h6H,3-5H2,1-2H3;4H,1H2,2-3H3;3H,1,4H2,2H3,(H,5,6);3H,1H2,2H3,(H,4,5). The molecule has 0 aromatic rings. The van der Waals surface area contributed by atoms with Crippen LogP contribution in [0.3, 0.4) is 0 Å². The Morgan fingerprint density at radius 3 is 1.23 bits per heavy atom. The Balaban J connectivity index is -0.000000153. The lowest BCUT2D eigenvalue weighted by Crippen LogP contribution is -1.91. The predicted molar refractivity (Wildman–Crippen MR) is 129 cm³/mol. The first-order valence-electron chi connectivity index (χ1n) is 8.55. The summed E-state index contributed by atoms with van der Waals surface area (Å²) in [6.45, 7) is 21.4. The van der Waals surface area contributed by atoms with Crippen molar-refractivity contribution < 1.29 is 41.6 Å². The van der Waals surface area contributed by atoms with Gasteiger partial charge in [-0.3, -0.25) is 18.3 Å². The maximum atomic E-state index is 11.2. The molecule has 0 aliphatic heterocycles. The molecule has 9 nitrogen and oxygen atoms in total. The van der Waals surface area contributed by atoms with E-state index in [0.717, 1.165) is 5.82 Å². The van der Waals surface area contributed by atoms with Gasteiger partial charge in [-0.15, -0.1) is 6.58 Å². The molecule has 0 spiro atoms. The quantitative estimate of drug-likeness (QED) is 0.261. The van der Waals surface area contributed by atoms with E-state index in [2.05, 4.69) is 30.8 Å². The van der Waals surface area contributed by atoms with Gasteiger partial charge >= 0.3 is 7.60 Å². The molecule has 0 aliphatic rings. The summed E-state index contributed by atoms with van der Waals surface area (Å²) in [7, 11) is -9.59. The molecule has 0 bridgehead atoms. The van der Waals surface area contributed by atoms with Crippen LogP contribution < -0.4 is 0 Å². The summed E-state index contributed by atoms with van der Waals surface area (Å²) in [6.07, 6.45) is 1.66. The summed E-state index contributed by atoms with van der Waals surface area (Å²) < 4.78 is 56.3. The van der Waals surface area contributed by atoms with Gasteiger partial charge < -0.3 is 23.4 Å². The van der Waals surface area contributed by atoms with Crippen molar-refractivity contribution in [1.82, 2.24) is 0 Å². The summed E-state index contributed by atoms with van der Waals surface area (Å²) in [4.78, 5) is 16.8. The van der Waals surface area contributed by atoms with Gasteiger partial charge in [0.15, 0.2) is 0 Å². The van der Waals surface area contributed by atoms with Crippen LogP contribution in [0.4, 0.5) is 0 Å². The normalized spacial score (nSPS) is 16.0. The zero-order chi connectivity index (χ0) is 25.1. The van der Waals surface area contributed by atoms with Crippen LogP contribution in [-0.2, 0) is 31.8 Å². The molecular formula is C17H38O9P4. The predicted octanol–water partition coefficient (Wildman–Crippen LogP) is 6.18. The highest BCUT2D eigenvalue weighted by atomic mass is 31.2. The van der Waals surface area contributed by atoms with Gasteiger partial charge in [0.05, 0.1) is 13.2 Å². The Bertz CT molecular complexity index is 667. The van der Waals surface area contributed by atoms with Gasteiger partial charge in [-0.2, -0.15) is 0 Å². The van der Waals surface area contributed by atoms with Crippen molar-refractivity contribution in [2.45, 2.75) is 13.8 Å². The lowest BCUT2D eigenvalue weighted by molar-refractivity contribution is 0.229. The van der Waals surface area contributed by atoms with Crippen molar-refractivity contribution in [1.29, 1.82) is 0 Å². The molecule has 0 amide bonds. The van der Waals surface area contributed by atoms with E-state index in [1.165, 1.54) is 44.8 Å². The van der Waals surface area contributed by atoms with Crippen LogP contribution in [0, 0.1) is 0 Å². The molecule has 0 aromatic carbocycles. The minimum Gasteiger partial charge on any atom is -0.344 e. The Morgan fingerprint density at radius 1 is 0.800 bits per heavy atom. The highest BCUT2D eigenvalue weighted by Gasteiger charge is 2.16. The van der Waals surface area contributed by atoms with E-state index in [9.17, 15) is 18.3 Å². The molecule has 0 saturated carbocycles. The number of allylic oxidation sites excluding steroid dienone is 1. The van der Waals surface area contributed by atoms with Gasteiger partial charge in [0.2, 0.25) is 22.1 Å². The molecule has 3 atom stereocenters. The smallest absolute Gasteiger partial charge is 0.344 e. The average molecular weight is 510 g/mol. The first-order valence-corrected chi connectivity index (χ1v) is 16.8. The van der Waals surface area contributed by atoms with E-state index < -0.39 is 29.7 Å². The number of hydrogen-bond acceptors (Lipinski definition) is 7. The van der Waals surface area contributed by atoms with Crippen molar-refractivity contribution in [2.24, 2.45) is 0 Å². The Kier molecular flexibility index (Phi) is 23.9. The fourth-order valence-corrected chi connectivity index (χ4v) is 2.45. The van der Waals surface area contributed by atoms with E-state index >= 15 is 0 Å². The largest absolute Gasteiger partial charge is 0.353 e. The van der Waals surface area contributed by atoms with Gasteiger partial charge in [0.1, 0.15) is 0 Å². The van der Waals surface area contributed by atoms with E-state index in [1.54, 1.807) is 13.8 Å². The minimum atomic E-state index is -2.94. The SMILES string of the molecule is C=CCP(C)(=O)O.C=CP(=O)(OCC)OCC.C=CP(C)(=O)O.C=CP(C)(=O)OC. The van der Waals surface area contributed by atoms with Crippen LogP contribution in [0.2, 0.25) is 0 Å². The topological polar surface area (TPSA) is 136 Å². The molecule has 0 aliphatic carbocycles. The molecule has 0 fully saturated rings. The molecule has 13 heteroatoms.